The largest absolute Gasteiger partial charge is 0.493 e. The Labute approximate surface area is 186 Å². The summed E-state index contributed by atoms with van der Waals surface area (Å²) in [6, 6.07) is 13.6. The maximum absolute atomic E-state index is 11.5. The number of rotatable bonds is 7. The van der Waals surface area contributed by atoms with E-state index in [-0.39, 0.29) is 17.9 Å². The van der Waals surface area contributed by atoms with Crippen LogP contribution in [-0.4, -0.2) is 23.3 Å². The van der Waals surface area contributed by atoms with Crippen LogP contribution < -0.4 is 4.74 Å². The number of esters is 1. The van der Waals surface area contributed by atoms with E-state index in [2.05, 4.69) is 13.0 Å². The second kappa shape index (κ2) is 9.02. The average molecular weight is 436 g/mol. The summed E-state index contributed by atoms with van der Waals surface area (Å²) in [5.41, 5.74) is 5.03. The summed E-state index contributed by atoms with van der Waals surface area (Å²) in [4.78, 5) is 28.7. The Morgan fingerprint density at radius 3 is 2.61 bits per heavy atom. The zero-order valence-electron chi connectivity index (χ0n) is 17.9. The molecule has 0 saturated carbocycles. The summed E-state index contributed by atoms with van der Waals surface area (Å²) in [7, 11) is 0. The molecule has 2 aromatic carbocycles. The van der Waals surface area contributed by atoms with Crippen LogP contribution in [0.5, 0.6) is 5.75 Å². The molecule has 5 nitrogen and oxygen atoms in total. The lowest BCUT2D eigenvalue weighted by Crippen LogP contribution is -2.05. The van der Waals surface area contributed by atoms with Crippen molar-refractivity contribution in [3.63, 3.8) is 0 Å². The number of thiazole rings is 1. The van der Waals surface area contributed by atoms with E-state index in [1.165, 1.54) is 17.4 Å². The van der Waals surface area contributed by atoms with Crippen molar-refractivity contribution in [2.45, 2.75) is 46.1 Å². The molecule has 4 rings (SSSR count). The highest BCUT2D eigenvalue weighted by Gasteiger charge is 2.25. The van der Waals surface area contributed by atoms with Gasteiger partial charge < -0.3 is 9.47 Å². The van der Waals surface area contributed by atoms with Crippen molar-refractivity contribution >= 4 is 23.1 Å². The lowest BCUT2D eigenvalue weighted by atomic mass is 10.1. The number of ether oxygens (including phenoxy) is 2. The van der Waals surface area contributed by atoms with Crippen molar-refractivity contribution in [2.75, 3.05) is 6.61 Å². The number of carbonyl (C=O) groups is 2. The Hall–Kier alpha value is -2.99. The van der Waals surface area contributed by atoms with Crippen LogP contribution in [0.15, 0.2) is 42.5 Å². The van der Waals surface area contributed by atoms with Gasteiger partial charge in [-0.1, -0.05) is 30.3 Å². The molecule has 1 aliphatic carbocycles. The molecular formula is C25H25NO4S. The van der Waals surface area contributed by atoms with E-state index in [9.17, 15) is 9.59 Å². The molecule has 1 atom stereocenters. The van der Waals surface area contributed by atoms with Crippen molar-refractivity contribution in [3.8, 4) is 16.3 Å². The zero-order chi connectivity index (χ0) is 22.0. The number of fused-ring (bicyclic) bond motifs is 1. The second-order valence-electron chi connectivity index (χ2n) is 7.75. The van der Waals surface area contributed by atoms with Crippen LogP contribution in [-0.2, 0) is 22.4 Å². The van der Waals surface area contributed by atoms with Gasteiger partial charge in [-0.05, 0) is 49.9 Å². The number of aryl methyl sites for hydroxylation is 2. The summed E-state index contributed by atoms with van der Waals surface area (Å²) in [6.45, 7) is 5.63. The third-order valence-electron chi connectivity index (χ3n) is 5.48. The van der Waals surface area contributed by atoms with Gasteiger partial charge in [-0.15, -0.1) is 11.3 Å². The Kier molecular flexibility index (Phi) is 6.18. The molecule has 0 bridgehead atoms. The molecule has 160 valence electrons. The first-order chi connectivity index (χ1) is 14.9. The Morgan fingerprint density at radius 1 is 1.13 bits per heavy atom. The Balaban J connectivity index is 1.37. The number of benzene rings is 2. The highest BCUT2D eigenvalue weighted by atomic mass is 32.1. The van der Waals surface area contributed by atoms with Crippen LogP contribution in [0.25, 0.3) is 10.6 Å². The summed E-state index contributed by atoms with van der Waals surface area (Å²) in [5, 5.41) is 0.955. The van der Waals surface area contributed by atoms with Gasteiger partial charge in [0.05, 0.1) is 12.3 Å². The molecule has 0 N–H and O–H groups in total. The fourth-order valence-electron chi connectivity index (χ4n) is 3.86. The van der Waals surface area contributed by atoms with Gasteiger partial charge >= 0.3 is 5.97 Å². The molecule has 1 heterocycles. The Morgan fingerprint density at radius 2 is 1.90 bits per heavy atom. The smallest absolute Gasteiger partial charge is 0.303 e. The van der Waals surface area contributed by atoms with Gasteiger partial charge in [0.15, 0.2) is 5.78 Å². The summed E-state index contributed by atoms with van der Waals surface area (Å²) in [6.07, 6.45) is 2.30. The van der Waals surface area contributed by atoms with E-state index in [1.54, 1.807) is 18.3 Å². The quantitative estimate of drug-likeness (QED) is 0.362. The van der Waals surface area contributed by atoms with Gasteiger partial charge in [0.2, 0.25) is 0 Å². The fraction of sp³-hybridized carbons (Fsp3) is 0.320. The SMILES string of the molecule is CC(=O)OC1CCc2cc(OCCc3nc(-c4ccc(C(C)=O)cc4)sc3C)ccc21. The van der Waals surface area contributed by atoms with Crippen molar-refractivity contribution in [2.24, 2.45) is 0 Å². The third-order valence-corrected chi connectivity index (χ3v) is 6.55. The molecule has 6 heteroatoms. The fourth-order valence-corrected chi connectivity index (χ4v) is 4.83. The van der Waals surface area contributed by atoms with E-state index in [1.807, 2.05) is 36.4 Å². The third kappa shape index (κ3) is 4.85. The molecule has 0 spiro atoms. The zero-order valence-corrected chi connectivity index (χ0v) is 18.8. The molecule has 0 fully saturated rings. The molecule has 1 unspecified atom stereocenters. The van der Waals surface area contributed by atoms with Crippen molar-refractivity contribution in [1.82, 2.24) is 4.98 Å². The monoisotopic (exact) mass is 435 g/mol. The maximum Gasteiger partial charge on any atom is 0.303 e. The first-order valence-corrected chi connectivity index (χ1v) is 11.2. The van der Waals surface area contributed by atoms with Gasteiger partial charge in [0.25, 0.3) is 0 Å². The molecular weight excluding hydrogens is 410 g/mol. The number of carbonyl (C=O) groups excluding carboxylic acids is 2. The molecule has 0 radical (unpaired) electrons. The highest BCUT2D eigenvalue weighted by molar-refractivity contribution is 7.15. The summed E-state index contributed by atoms with van der Waals surface area (Å²) < 4.78 is 11.4. The van der Waals surface area contributed by atoms with Gasteiger partial charge in [0.1, 0.15) is 16.9 Å². The predicted octanol–water partition coefficient (Wildman–Crippen LogP) is 5.49. The van der Waals surface area contributed by atoms with Gasteiger partial charge in [-0.3, -0.25) is 9.59 Å². The minimum atomic E-state index is -0.244. The Bertz CT molecular complexity index is 1120. The average Bonchev–Trinajstić information content (AvgIpc) is 3.31. The number of nitrogens with zero attached hydrogens (tertiary/aromatic N) is 1. The highest BCUT2D eigenvalue weighted by Crippen LogP contribution is 2.36. The molecule has 0 saturated heterocycles. The molecule has 31 heavy (non-hydrogen) atoms. The minimum Gasteiger partial charge on any atom is -0.493 e. The molecule has 0 aliphatic heterocycles. The van der Waals surface area contributed by atoms with Crippen LogP contribution >= 0.6 is 11.3 Å². The van der Waals surface area contributed by atoms with Crippen LogP contribution in [0, 0.1) is 6.92 Å². The number of Topliss-reactive ketones (excluding diaryl/α,β-unsaturated/α-hetero) is 1. The molecule has 0 amide bonds. The molecule has 1 aliphatic rings. The normalized spacial score (nSPS) is 14.9. The second-order valence-corrected chi connectivity index (χ2v) is 8.95. The van der Waals surface area contributed by atoms with Crippen LogP contribution in [0.1, 0.15) is 58.4 Å². The van der Waals surface area contributed by atoms with Gasteiger partial charge in [-0.25, -0.2) is 4.98 Å². The topological polar surface area (TPSA) is 65.5 Å². The summed E-state index contributed by atoms with van der Waals surface area (Å²) in [5.74, 6) is 0.647. The van der Waals surface area contributed by atoms with Crippen molar-refractivity contribution < 1.29 is 19.1 Å². The van der Waals surface area contributed by atoms with Crippen molar-refractivity contribution in [3.05, 3.63) is 69.7 Å². The first-order valence-electron chi connectivity index (χ1n) is 10.4. The van der Waals surface area contributed by atoms with Gasteiger partial charge in [0, 0.05) is 29.3 Å². The number of hydrogen-bond acceptors (Lipinski definition) is 6. The minimum absolute atomic E-state index is 0.0631. The van der Waals surface area contributed by atoms with E-state index in [4.69, 9.17) is 14.5 Å². The molecule has 3 aromatic rings. The number of hydrogen-bond donors (Lipinski definition) is 0. The lowest BCUT2D eigenvalue weighted by Gasteiger charge is -2.12. The maximum atomic E-state index is 11.5. The number of ketones is 1. The predicted molar refractivity (Wildman–Crippen MR) is 121 cm³/mol. The molecule has 1 aromatic heterocycles. The van der Waals surface area contributed by atoms with E-state index in [0.29, 0.717) is 12.2 Å². The van der Waals surface area contributed by atoms with Crippen LogP contribution in [0.2, 0.25) is 0 Å². The summed E-state index contributed by atoms with van der Waals surface area (Å²) >= 11 is 1.66. The first kappa shape index (κ1) is 21.2. The van der Waals surface area contributed by atoms with E-state index in [0.717, 1.165) is 46.8 Å². The van der Waals surface area contributed by atoms with Crippen LogP contribution in [0.3, 0.4) is 0 Å². The van der Waals surface area contributed by atoms with Gasteiger partial charge in [-0.2, -0.15) is 0 Å². The van der Waals surface area contributed by atoms with E-state index < -0.39 is 0 Å². The lowest BCUT2D eigenvalue weighted by molar-refractivity contribution is -0.146. The van der Waals surface area contributed by atoms with Crippen LogP contribution in [0.4, 0.5) is 0 Å². The van der Waals surface area contributed by atoms with Crippen molar-refractivity contribution in [1.29, 1.82) is 0 Å². The standard InChI is InChI=1S/C25H25NO4S/c1-15(27)18-4-6-19(7-5-18)25-26-23(16(2)31-25)12-13-29-21-9-10-22-20(14-21)8-11-24(22)30-17(3)28/h4-7,9-10,14,24H,8,11-13H2,1-3H3. The number of aromatic nitrogens is 1. The van der Waals surface area contributed by atoms with E-state index >= 15 is 0 Å².